The van der Waals surface area contributed by atoms with Gasteiger partial charge < -0.3 is 9.47 Å². The van der Waals surface area contributed by atoms with E-state index in [1.807, 2.05) is 6.92 Å². The second-order valence-corrected chi connectivity index (χ2v) is 8.76. The lowest BCUT2D eigenvalue weighted by atomic mass is 10.1. The first-order valence-electron chi connectivity index (χ1n) is 12.9. The SMILES string of the molecule is CCCCCCCCCC(=O)OCCCCC(C)OC(=O)CCCCCCCCC. The van der Waals surface area contributed by atoms with E-state index in [4.69, 9.17) is 9.47 Å². The molecule has 0 rings (SSSR count). The molecule has 0 spiro atoms. The number of esters is 2. The highest BCUT2D eigenvalue weighted by atomic mass is 16.5. The molecular weight excluding hydrogens is 376 g/mol. The molecule has 0 fully saturated rings. The van der Waals surface area contributed by atoms with Gasteiger partial charge in [0, 0.05) is 12.8 Å². The Hall–Kier alpha value is -1.06. The summed E-state index contributed by atoms with van der Waals surface area (Å²) in [4.78, 5) is 23.6. The van der Waals surface area contributed by atoms with Gasteiger partial charge in [0.15, 0.2) is 0 Å². The molecule has 30 heavy (non-hydrogen) atoms. The maximum atomic E-state index is 11.9. The monoisotopic (exact) mass is 426 g/mol. The molecule has 0 aliphatic heterocycles. The topological polar surface area (TPSA) is 52.6 Å². The van der Waals surface area contributed by atoms with E-state index in [1.165, 1.54) is 64.2 Å². The summed E-state index contributed by atoms with van der Waals surface area (Å²) in [6, 6.07) is 0. The molecule has 0 bridgehead atoms. The molecule has 0 aromatic heterocycles. The molecule has 0 saturated carbocycles. The normalized spacial score (nSPS) is 12.0. The van der Waals surface area contributed by atoms with E-state index in [0.717, 1.165) is 44.9 Å². The van der Waals surface area contributed by atoms with Crippen LogP contribution in [0.25, 0.3) is 0 Å². The molecule has 1 atom stereocenters. The van der Waals surface area contributed by atoms with E-state index >= 15 is 0 Å². The standard InChI is InChI=1S/C26H50O4/c1-4-6-8-10-12-14-16-21-25(27)29-23-19-18-20-24(3)30-26(28)22-17-15-13-11-9-7-5-2/h24H,4-23H2,1-3H3. The van der Waals surface area contributed by atoms with Crippen molar-refractivity contribution < 1.29 is 19.1 Å². The van der Waals surface area contributed by atoms with Gasteiger partial charge >= 0.3 is 11.9 Å². The summed E-state index contributed by atoms with van der Waals surface area (Å²) in [6.45, 7) is 6.88. The van der Waals surface area contributed by atoms with Crippen LogP contribution in [-0.2, 0) is 19.1 Å². The van der Waals surface area contributed by atoms with Gasteiger partial charge in [0.25, 0.3) is 0 Å². The minimum atomic E-state index is -0.0721. The Morgan fingerprint density at radius 1 is 0.600 bits per heavy atom. The molecule has 0 aromatic carbocycles. The summed E-state index contributed by atoms with van der Waals surface area (Å²) >= 11 is 0. The van der Waals surface area contributed by atoms with Crippen LogP contribution in [-0.4, -0.2) is 24.6 Å². The van der Waals surface area contributed by atoms with Gasteiger partial charge in [-0.05, 0) is 39.0 Å². The predicted octanol–water partition coefficient (Wildman–Crippen LogP) is 7.91. The zero-order chi connectivity index (χ0) is 22.3. The van der Waals surface area contributed by atoms with Gasteiger partial charge in [0.05, 0.1) is 12.7 Å². The Morgan fingerprint density at radius 3 is 1.60 bits per heavy atom. The minimum absolute atomic E-state index is 0.0505. The smallest absolute Gasteiger partial charge is 0.306 e. The van der Waals surface area contributed by atoms with Crippen LogP contribution in [0.2, 0.25) is 0 Å². The highest BCUT2D eigenvalue weighted by Crippen LogP contribution is 2.12. The Balaban J connectivity index is 3.43. The Labute approximate surface area is 186 Å². The molecular formula is C26H50O4. The number of ether oxygens (including phenoxy) is 2. The quantitative estimate of drug-likeness (QED) is 0.130. The molecule has 0 aliphatic carbocycles. The van der Waals surface area contributed by atoms with Gasteiger partial charge in [-0.15, -0.1) is 0 Å². The summed E-state index contributed by atoms with van der Waals surface area (Å²) in [5.41, 5.74) is 0. The summed E-state index contributed by atoms with van der Waals surface area (Å²) in [6.07, 6.45) is 20.5. The largest absolute Gasteiger partial charge is 0.466 e. The number of hydrogen-bond acceptors (Lipinski definition) is 4. The third-order valence-corrected chi connectivity index (χ3v) is 5.57. The summed E-state index contributed by atoms with van der Waals surface area (Å²) < 4.78 is 10.8. The summed E-state index contributed by atoms with van der Waals surface area (Å²) in [5.74, 6) is -0.144. The van der Waals surface area contributed by atoms with Crippen LogP contribution < -0.4 is 0 Å². The fraction of sp³-hybridized carbons (Fsp3) is 0.923. The van der Waals surface area contributed by atoms with E-state index in [0.29, 0.717) is 19.4 Å². The zero-order valence-electron chi connectivity index (χ0n) is 20.4. The second kappa shape index (κ2) is 22.6. The molecule has 0 radical (unpaired) electrons. The number of hydrogen-bond donors (Lipinski definition) is 0. The maximum Gasteiger partial charge on any atom is 0.306 e. The first-order chi connectivity index (χ1) is 14.6. The second-order valence-electron chi connectivity index (χ2n) is 8.76. The van der Waals surface area contributed by atoms with Crippen molar-refractivity contribution >= 4 is 11.9 Å². The van der Waals surface area contributed by atoms with E-state index in [-0.39, 0.29) is 18.0 Å². The van der Waals surface area contributed by atoms with Crippen LogP contribution in [0.1, 0.15) is 143 Å². The van der Waals surface area contributed by atoms with E-state index in [9.17, 15) is 9.59 Å². The first kappa shape index (κ1) is 28.9. The van der Waals surface area contributed by atoms with Crippen LogP contribution in [0.5, 0.6) is 0 Å². The van der Waals surface area contributed by atoms with Crippen molar-refractivity contribution in [3.63, 3.8) is 0 Å². The Bertz CT molecular complexity index is 394. The molecule has 4 nitrogen and oxygen atoms in total. The number of unbranched alkanes of at least 4 members (excludes halogenated alkanes) is 13. The third kappa shape index (κ3) is 21.6. The van der Waals surface area contributed by atoms with Crippen molar-refractivity contribution in [1.29, 1.82) is 0 Å². The van der Waals surface area contributed by atoms with Crippen LogP contribution in [0.4, 0.5) is 0 Å². The Kier molecular flexibility index (Phi) is 21.8. The number of rotatable bonds is 22. The van der Waals surface area contributed by atoms with Crippen LogP contribution in [0, 0.1) is 0 Å². The highest BCUT2D eigenvalue weighted by molar-refractivity contribution is 5.69. The van der Waals surface area contributed by atoms with Crippen molar-refractivity contribution in [2.75, 3.05) is 6.61 Å². The van der Waals surface area contributed by atoms with Gasteiger partial charge in [0.1, 0.15) is 0 Å². The van der Waals surface area contributed by atoms with Crippen LogP contribution in [0.15, 0.2) is 0 Å². The average Bonchev–Trinajstić information content (AvgIpc) is 2.72. The molecule has 4 heteroatoms. The summed E-state index contributed by atoms with van der Waals surface area (Å²) in [7, 11) is 0. The van der Waals surface area contributed by atoms with Crippen molar-refractivity contribution in [2.45, 2.75) is 149 Å². The maximum absolute atomic E-state index is 11.9. The molecule has 0 saturated heterocycles. The number of carbonyl (C=O) groups is 2. The van der Waals surface area contributed by atoms with Crippen molar-refractivity contribution in [2.24, 2.45) is 0 Å². The van der Waals surface area contributed by atoms with Gasteiger partial charge in [0.2, 0.25) is 0 Å². The lowest BCUT2D eigenvalue weighted by molar-refractivity contribution is -0.148. The van der Waals surface area contributed by atoms with E-state index in [2.05, 4.69) is 13.8 Å². The van der Waals surface area contributed by atoms with Crippen LogP contribution in [0.3, 0.4) is 0 Å². The lowest BCUT2D eigenvalue weighted by Gasteiger charge is -2.13. The van der Waals surface area contributed by atoms with Gasteiger partial charge in [-0.1, -0.05) is 90.9 Å². The van der Waals surface area contributed by atoms with Crippen molar-refractivity contribution in [3.8, 4) is 0 Å². The van der Waals surface area contributed by atoms with Gasteiger partial charge in [-0.2, -0.15) is 0 Å². The molecule has 0 aliphatic rings. The van der Waals surface area contributed by atoms with Crippen molar-refractivity contribution in [3.05, 3.63) is 0 Å². The van der Waals surface area contributed by atoms with E-state index in [1.54, 1.807) is 0 Å². The molecule has 1 unspecified atom stereocenters. The Morgan fingerprint density at radius 2 is 1.07 bits per heavy atom. The summed E-state index contributed by atoms with van der Waals surface area (Å²) in [5, 5.41) is 0. The average molecular weight is 427 g/mol. The van der Waals surface area contributed by atoms with Gasteiger partial charge in [-0.25, -0.2) is 0 Å². The molecule has 0 N–H and O–H groups in total. The molecule has 0 aromatic rings. The lowest BCUT2D eigenvalue weighted by Crippen LogP contribution is -2.15. The predicted molar refractivity (Wildman–Crippen MR) is 126 cm³/mol. The van der Waals surface area contributed by atoms with Gasteiger partial charge in [-0.3, -0.25) is 9.59 Å². The fourth-order valence-electron chi connectivity index (χ4n) is 3.59. The molecule has 0 heterocycles. The van der Waals surface area contributed by atoms with E-state index < -0.39 is 0 Å². The third-order valence-electron chi connectivity index (χ3n) is 5.57. The highest BCUT2D eigenvalue weighted by Gasteiger charge is 2.09. The number of carbonyl (C=O) groups excluding carboxylic acids is 2. The van der Waals surface area contributed by atoms with Crippen LogP contribution >= 0.6 is 0 Å². The molecule has 178 valence electrons. The van der Waals surface area contributed by atoms with Crippen molar-refractivity contribution in [1.82, 2.24) is 0 Å². The minimum Gasteiger partial charge on any atom is -0.466 e. The molecule has 0 amide bonds. The zero-order valence-corrected chi connectivity index (χ0v) is 20.4. The fourth-order valence-corrected chi connectivity index (χ4v) is 3.59. The first-order valence-corrected chi connectivity index (χ1v) is 12.9.